The van der Waals surface area contributed by atoms with Crippen LogP contribution in [0.3, 0.4) is 0 Å². The summed E-state index contributed by atoms with van der Waals surface area (Å²) in [6.07, 6.45) is 7.71. The molecule has 0 aromatic rings. The second-order valence-electron chi connectivity index (χ2n) is 6.33. The van der Waals surface area contributed by atoms with Crippen LogP contribution >= 0.6 is 0 Å². The first kappa shape index (κ1) is 16.7. The van der Waals surface area contributed by atoms with E-state index in [-0.39, 0.29) is 23.6 Å². The summed E-state index contributed by atoms with van der Waals surface area (Å²) in [5, 5.41) is 3.13. The van der Waals surface area contributed by atoms with Crippen molar-refractivity contribution in [3.8, 4) is 0 Å². The van der Waals surface area contributed by atoms with Crippen molar-refractivity contribution < 1.29 is 13.2 Å². The third-order valence-electron chi connectivity index (χ3n) is 4.63. The smallest absolute Gasteiger partial charge is 0.223 e. The van der Waals surface area contributed by atoms with E-state index in [1.54, 1.807) is 4.31 Å². The van der Waals surface area contributed by atoms with Gasteiger partial charge in [-0.05, 0) is 32.1 Å². The first-order chi connectivity index (χ1) is 10.0. The lowest BCUT2D eigenvalue weighted by atomic mass is 9.88. The highest BCUT2D eigenvalue weighted by molar-refractivity contribution is 7.89. The van der Waals surface area contributed by atoms with Gasteiger partial charge in [0, 0.05) is 25.0 Å². The molecule has 1 N–H and O–H groups in total. The molecule has 5 nitrogen and oxygen atoms in total. The Morgan fingerprint density at radius 2 is 1.71 bits per heavy atom. The number of nitrogens with zero attached hydrogens (tertiary/aromatic N) is 1. The average molecular weight is 316 g/mol. The fourth-order valence-electron chi connectivity index (χ4n) is 3.35. The van der Waals surface area contributed by atoms with E-state index in [9.17, 15) is 13.2 Å². The molecule has 0 atom stereocenters. The molecule has 0 unspecified atom stereocenters. The van der Waals surface area contributed by atoms with E-state index < -0.39 is 10.0 Å². The molecule has 1 saturated carbocycles. The van der Waals surface area contributed by atoms with Crippen LogP contribution in [0, 0.1) is 5.92 Å². The molecule has 0 bridgehead atoms. The summed E-state index contributed by atoms with van der Waals surface area (Å²) >= 11 is 0. The van der Waals surface area contributed by atoms with Crippen molar-refractivity contribution in [2.75, 3.05) is 18.8 Å². The molecule has 1 saturated heterocycles. The third-order valence-corrected chi connectivity index (χ3v) is 6.71. The number of sulfonamides is 1. The lowest BCUT2D eigenvalue weighted by Crippen LogP contribution is -2.48. The Hall–Kier alpha value is -0.620. The molecule has 2 rings (SSSR count). The van der Waals surface area contributed by atoms with Gasteiger partial charge < -0.3 is 5.32 Å². The van der Waals surface area contributed by atoms with Gasteiger partial charge in [-0.25, -0.2) is 12.7 Å². The Kier molecular flexibility index (Phi) is 6.05. The van der Waals surface area contributed by atoms with E-state index >= 15 is 0 Å². The lowest BCUT2D eigenvalue weighted by Gasteiger charge is -2.32. The van der Waals surface area contributed by atoms with Crippen molar-refractivity contribution in [2.45, 2.75) is 64.3 Å². The molecule has 0 aromatic carbocycles. The number of nitrogens with one attached hydrogen (secondary N) is 1. The minimum atomic E-state index is -3.09. The SMILES string of the molecule is CCCS(=O)(=O)N1CCC(NC(=O)C2CCCCC2)CC1. The Labute approximate surface area is 128 Å². The number of carbonyl (C=O) groups excluding carboxylic acids is 1. The van der Waals surface area contributed by atoms with E-state index in [0.29, 0.717) is 19.5 Å². The second-order valence-corrected chi connectivity index (χ2v) is 8.42. The van der Waals surface area contributed by atoms with Gasteiger partial charge in [-0.15, -0.1) is 0 Å². The van der Waals surface area contributed by atoms with E-state index in [0.717, 1.165) is 38.5 Å². The molecule has 2 fully saturated rings. The zero-order valence-corrected chi connectivity index (χ0v) is 13.8. The van der Waals surface area contributed by atoms with Gasteiger partial charge in [0.1, 0.15) is 0 Å². The van der Waals surface area contributed by atoms with Crippen LogP contribution in [0.25, 0.3) is 0 Å². The second kappa shape index (κ2) is 7.58. The maximum Gasteiger partial charge on any atom is 0.223 e. The summed E-state index contributed by atoms with van der Waals surface area (Å²) in [4.78, 5) is 12.2. The van der Waals surface area contributed by atoms with Crippen LogP contribution in [0.2, 0.25) is 0 Å². The topological polar surface area (TPSA) is 66.5 Å². The quantitative estimate of drug-likeness (QED) is 0.842. The van der Waals surface area contributed by atoms with Gasteiger partial charge in [-0.2, -0.15) is 0 Å². The summed E-state index contributed by atoms with van der Waals surface area (Å²) in [6, 6.07) is 0.146. The minimum absolute atomic E-state index is 0.146. The predicted molar refractivity (Wildman–Crippen MR) is 83.4 cm³/mol. The third kappa shape index (κ3) is 4.68. The van der Waals surface area contributed by atoms with Gasteiger partial charge in [-0.1, -0.05) is 26.2 Å². The fraction of sp³-hybridized carbons (Fsp3) is 0.933. The number of amides is 1. The largest absolute Gasteiger partial charge is 0.353 e. The molecule has 0 aromatic heterocycles. The van der Waals surface area contributed by atoms with Crippen molar-refractivity contribution in [3.05, 3.63) is 0 Å². The number of piperidine rings is 1. The summed E-state index contributed by atoms with van der Waals surface area (Å²) in [7, 11) is -3.09. The van der Waals surface area contributed by atoms with Crippen molar-refractivity contribution in [1.29, 1.82) is 0 Å². The highest BCUT2D eigenvalue weighted by Gasteiger charge is 2.29. The maximum atomic E-state index is 12.2. The van der Waals surface area contributed by atoms with Crippen LogP contribution in [0.5, 0.6) is 0 Å². The highest BCUT2D eigenvalue weighted by atomic mass is 32.2. The highest BCUT2D eigenvalue weighted by Crippen LogP contribution is 2.24. The van der Waals surface area contributed by atoms with Crippen LogP contribution in [0.15, 0.2) is 0 Å². The molecule has 0 radical (unpaired) electrons. The molecule has 0 spiro atoms. The van der Waals surface area contributed by atoms with Crippen molar-refractivity contribution in [2.24, 2.45) is 5.92 Å². The van der Waals surface area contributed by atoms with E-state index in [4.69, 9.17) is 0 Å². The molecular weight excluding hydrogens is 288 g/mol. The van der Waals surface area contributed by atoms with Gasteiger partial charge in [0.15, 0.2) is 0 Å². The van der Waals surface area contributed by atoms with Crippen molar-refractivity contribution >= 4 is 15.9 Å². The average Bonchev–Trinajstić information content (AvgIpc) is 2.48. The summed E-state index contributed by atoms with van der Waals surface area (Å²) in [6.45, 7) is 2.96. The Morgan fingerprint density at radius 1 is 1.10 bits per heavy atom. The number of hydrogen-bond donors (Lipinski definition) is 1. The van der Waals surface area contributed by atoms with Crippen molar-refractivity contribution in [3.63, 3.8) is 0 Å². The van der Waals surface area contributed by atoms with E-state index in [1.165, 1.54) is 6.42 Å². The molecule has 2 aliphatic rings. The van der Waals surface area contributed by atoms with Gasteiger partial charge in [0.2, 0.25) is 15.9 Å². The zero-order valence-electron chi connectivity index (χ0n) is 13.0. The Morgan fingerprint density at radius 3 is 2.29 bits per heavy atom. The van der Waals surface area contributed by atoms with Crippen molar-refractivity contribution in [1.82, 2.24) is 9.62 Å². The fourth-order valence-corrected chi connectivity index (χ4v) is 4.89. The molecule has 1 amide bonds. The van der Waals surface area contributed by atoms with E-state index in [2.05, 4.69) is 5.32 Å². The molecule has 21 heavy (non-hydrogen) atoms. The van der Waals surface area contributed by atoms with Gasteiger partial charge in [0.25, 0.3) is 0 Å². The molecular formula is C15H28N2O3S. The van der Waals surface area contributed by atoms with E-state index in [1.807, 2.05) is 6.92 Å². The molecule has 1 aliphatic carbocycles. The van der Waals surface area contributed by atoms with Crippen LogP contribution < -0.4 is 5.32 Å². The monoisotopic (exact) mass is 316 g/mol. The summed E-state index contributed by atoms with van der Waals surface area (Å²) < 4.78 is 25.6. The Bertz CT molecular complexity index is 436. The van der Waals surface area contributed by atoms with Gasteiger partial charge in [0.05, 0.1) is 5.75 Å². The number of hydrogen-bond acceptors (Lipinski definition) is 3. The number of rotatable bonds is 5. The molecule has 122 valence electrons. The van der Waals surface area contributed by atoms with Gasteiger partial charge >= 0.3 is 0 Å². The standard InChI is InChI=1S/C15H28N2O3S/c1-2-12-21(19,20)17-10-8-14(9-11-17)16-15(18)13-6-4-3-5-7-13/h13-14H,2-12H2,1H3,(H,16,18). The van der Waals surface area contributed by atoms with Crippen LogP contribution in [0.1, 0.15) is 58.3 Å². The Balaban J connectivity index is 1.77. The molecule has 1 heterocycles. The first-order valence-electron chi connectivity index (χ1n) is 8.31. The summed E-state index contributed by atoms with van der Waals surface area (Å²) in [5.74, 6) is 0.594. The van der Waals surface area contributed by atoms with Crippen LogP contribution in [0.4, 0.5) is 0 Å². The summed E-state index contributed by atoms with van der Waals surface area (Å²) in [5.41, 5.74) is 0. The van der Waals surface area contributed by atoms with Crippen LogP contribution in [-0.2, 0) is 14.8 Å². The van der Waals surface area contributed by atoms with Gasteiger partial charge in [-0.3, -0.25) is 4.79 Å². The maximum absolute atomic E-state index is 12.2. The predicted octanol–water partition coefficient (Wildman–Crippen LogP) is 1.89. The minimum Gasteiger partial charge on any atom is -0.353 e. The lowest BCUT2D eigenvalue weighted by molar-refractivity contribution is -0.126. The first-order valence-corrected chi connectivity index (χ1v) is 9.92. The molecule has 6 heteroatoms. The normalized spacial score (nSPS) is 23.1. The zero-order chi connectivity index (χ0) is 15.3. The van der Waals surface area contributed by atoms with Crippen LogP contribution in [-0.4, -0.2) is 43.5 Å². The molecule has 1 aliphatic heterocycles. The number of carbonyl (C=O) groups is 1.